The molecule has 0 aromatic heterocycles. The van der Waals surface area contributed by atoms with Crippen molar-refractivity contribution in [2.75, 3.05) is 24.5 Å². The fraction of sp³-hybridized carbons (Fsp3) is 0.409. The molecule has 0 bridgehead atoms. The molecule has 138 valence electrons. The topological polar surface area (TPSA) is 32.3 Å². The van der Waals surface area contributed by atoms with E-state index in [1.807, 2.05) is 0 Å². The molecule has 0 spiro atoms. The van der Waals surface area contributed by atoms with Crippen LogP contribution in [0.15, 0.2) is 48.5 Å². The van der Waals surface area contributed by atoms with Crippen LogP contribution in [0.2, 0.25) is 0 Å². The Labute approximate surface area is 155 Å². The maximum absolute atomic E-state index is 12.9. The van der Waals surface area contributed by atoms with Crippen molar-refractivity contribution in [3.05, 3.63) is 65.5 Å². The smallest absolute Gasteiger partial charge is 0.224 e. The van der Waals surface area contributed by atoms with E-state index >= 15 is 0 Å². The Morgan fingerprint density at radius 1 is 0.885 bits per heavy atom. The molecule has 2 aromatic carbocycles. The summed E-state index contributed by atoms with van der Waals surface area (Å²) in [5.74, 6) is -0.310. The Hall–Kier alpha value is -2.36. The van der Waals surface area contributed by atoms with Gasteiger partial charge in [-0.05, 0) is 54.7 Å². The van der Waals surface area contributed by atoms with Crippen molar-refractivity contribution in [1.29, 1.82) is 0 Å². The van der Waals surface area contributed by atoms with Crippen molar-refractivity contribution in [2.45, 2.75) is 38.5 Å². The first kappa shape index (κ1) is 18.4. The van der Waals surface area contributed by atoms with E-state index in [0.717, 1.165) is 25.1 Å². The van der Waals surface area contributed by atoms with E-state index in [1.54, 1.807) is 12.1 Å². The van der Waals surface area contributed by atoms with Crippen molar-refractivity contribution >= 4 is 11.6 Å². The lowest BCUT2D eigenvalue weighted by atomic mass is 10.1. The molecule has 3 nitrogen and oxygen atoms in total. The molecule has 26 heavy (non-hydrogen) atoms. The highest BCUT2D eigenvalue weighted by atomic mass is 19.1. The van der Waals surface area contributed by atoms with E-state index in [9.17, 15) is 9.18 Å². The number of rotatable bonds is 6. The number of halogens is 1. The zero-order valence-electron chi connectivity index (χ0n) is 15.2. The average Bonchev–Trinajstić information content (AvgIpc) is 2.94. The van der Waals surface area contributed by atoms with Gasteiger partial charge in [-0.3, -0.25) is 4.79 Å². The van der Waals surface area contributed by atoms with Crippen molar-refractivity contribution in [2.24, 2.45) is 0 Å². The minimum absolute atomic E-state index is 0.0298. The third-order valence-corrected chi connectivity index (χ3v) is 4.92. The first-order chi connectivity index (χ1) is 12.7. The lowest BCUT2D eigenvalue weighted by Crippen LogP contribution is -2.27. The highest BCUT2D eigenvalue weighted by Crippen LogP contribution is 2.20. The Morgan fingerprint density at radius 2 is 1.50 bits per heavy atom. The predicted molar refractivity (Wildman–Crippen MR) is 104 cm³/mol. The van der Waals surface area contributed by atoms with Crippen LogP contribution in [-0.4, -0.2) is 25.5 Å². The lowest BCUT2D eigenvalue weighted by Gasteiger charge is -2.22. The fourth-order valence-electron chi connectivity index (χ4n) is 3.40. The Kier molecular flexibility index (Phi) is 6.64. The van der Waals surface area contributed by atoms with Crippen LogP contribution in [0.4, 0.5) is 10.1 Å². The van der Waals surface area contributed by atoms with Gasteiger partial charge in [-0.25, -0.2) is 4.39 Å². The van der Waals surface area contributed by atoms with E-state index in [1.165, 1.54) is 49.1 Å². The highest BCUT2D eigenvalue weighted by molar-refractivity contribution is 5.78. The number of amides is 1. The second kappa shape index (κ2) is 9.37. The summed E-state index contributed by atoms with van der Waals surface area (Å²) in [6.07, 6.45) is 6.34. The highest BCUT2D eigenvalue weighted by Gasteiger charge is 2.09. The number of hydrogen-bond acceptors (Lipinski definition) is 2. The molecule has 1 saturated heterocycles. The summed E-state index contributed by atoms with van der Waals surface area (Å²) in [7, 11) is 0. The van der Waals surface area contributed by atoms with Gasteiger partial charge in [0.25, 0.3) is 0 Å². The molecule has 1 N–H and O–H groups in total. The molecule has 1 heterocycles. The molecule has 0 aliphatic carbocycles. The SMILES string of the molecule is O=C(Cc1ccc(F)cc1)NCCc1ccc(N2CCCCCC2)cc1. The van der Waals surface area contributed by atoms with Crippen molar-refractivity contribution < 1.29 is 9.18 Å². The second-order valence-corrected chi connectivity index (χ2v) is 6.97. The van der Waals surface area contributed by atoms with Crippen LogP contribution < -0.4 is 10.2 Å². The number of nitrogens with zero attached hydrogens (tertiary/aromatic N) is 1. The summed E-state index contributed by atoms with van der Waals surface area (Å²) >= 11 is 0. The van der Waals surface area contributed by atoms with E-state index in [0.29, 0.717) is 6.54 Å². The molecular formula is C22H27FN2O. The monoisotopic (exact) mass is 354 g/mol. The normalized spacial score (nSPS) is 14.7. The standard InChI is InChI=1S/C22H27FN2O/c23-20-9-5-19(6-10-20)17-22(26)24-14-13-18-7-11-21(12-8-18)25-15-3-1-2-4-16-25/h5-12H,1-4,13-17H2,(H,24,26). The van der Waals surface area contributed by atoms with Crippen molar-refractivity contribution in [3.8, 4) is 0 Å². The van der Waals surface area contributed by atoms with Crippen LogP contribution >= 0.6 is 0 Å². The summed E-state index contributed by atoms with van der Waals surface area (Å²) < 4.78 is 12.9. The average molecular weight is 354 g/mol. The summed E-state index contributed by atoms with van der Waals surface area (Å²) in [4.78, 5) is 14.4. The number of benzene rings is 2. The van der Waals surface area contributed by atoms with Crippen LogP contribution in [0.3, 0.4) is 0 Å². The van der Waals surface area contributed by atoms with Crippen LogP contribution in [-0.2, 0) is 17.6 Å². The van der Waals surface area contributed by atoms with E-state index < -0.39 is 0 Å². The maximum Gasteiger partial charge on any atom is 0.224 e. The molecule has 0 radical (unpaired) electrons. The third-order valence-electron chi connectivity index (χ3n) is 4.92. The Bertz CT molecular complexity index is 689. The molecule has 1 fully saturated rings. The van der Waals surface area contributed by atoms with Crippen LogP contribution in [0, 0.1) is 5.82 Å². The van der Waals surface area contributed by atoms with E-state index in [-0.39, 0.29) is 18.1 Å². The number of carbonyl (C=O) groups excluding carboxylic acids is 1. The van der Waals surface area contributed by atoms with E-state index in [4.69, 9.17) is 0 Å². The number of hydrogen-bond donors (Lipinski definition) is 1. The molecular weight excluding hydrogens is 327 g/mol. The molecule has 3 rings (SSSR count). The molecule has 1 aliphatic rings. The largest absolute Gasteiger partial charge is 0.372 e. The van der Waals surface area contributed by atoms with Gasteiger partial charge < -0.3 is 10.2 Å². The van der Waals surface area contributed by atoms with Crippen LogP contribution in [0.25, 0.3) is 0 Å². The number of anilines is 1. The summed E-state index contributed by atoms with van der Waals surface area (Å²) in [5.41, 5.74) is 3.35. The van der Waals surface area contributed by atoms with Crippen molar-refractivity contribution in [3.63, 3.8) is 0 Å². The molecule has 1 amide bonds. The fourth-order valence-corrected chi connectivity index (χ4v) is 3.40. The summed E-state index contributed by atoms with van der Waals surface area (Å²) in [6.45, 7) is 2.92. The third kappa shape index (κ3) is 5.58. The number of carbonyl (C=O) groups is 1. The first-order valence-electron chi connectivity index (χ1n) is 9.56. The summed E-state index contributed by atoms with van der Waals surface area (Å²) in [5, 5.41) is 2.94. The first-order valence-corrected chi connectivity index (χ1v) is 9.56. The maximum atomic E-state index is 12.9. The zero-order valence-corrected chi connectivity index (χ0v) is 15.2. The van der Waals surface area contributed by atoms with Crippen molar-refractivity contribution in [1.82, 2.24) is 5.32 Å². The van der Waals surface area contributed by atoms with E-state index in [2.05, 4.69) is 34.5 Å². The molecule has 1 aliphatic heterocycles. The quantitative estimate of drug-likeness (QED) is 0.847. The Balaban J connectivity index is 1.43. The molecule has 0 unspecified atom stereocenters. The molecule has 0 saturated carbocycles. The minimum Gasteiger partial charge on any atom is -0.372 e. The van der Waals surface area contributed by atoms with Gasteiger partial charge in [0, 0.05) is 25.3 Å². The van der Waals surface area contributed by atoms with Crippen LogP contribution in [0.5, 0.6) is 0 Å². The minimum atomic E-state index is -0.280. The van der Waals surface area contributed by atoms with Gasteiger partial charge in [0.15, 0.2) is 0 Å². The van der Waals surface area contributed by atoms with Gasteiger partial charge in [0.1, 0.15) is 5.82 Å². The van der Waals surface area contributed by atoms with Crippen LogP contribution in [0.1, 0.15) is 36.8 Å². The van der Waals surface area contributed by atoms with Gasteiger partial charge in [0.05, 0.1) is 6.42 Å². The molecule has 4 heteroatoms. The molecule has 2 aromatic rings. The lowest BCUT2D eigenvalue weighted by molar-refractivity contribution is -0.120. The van der Waals surface area contributed by atoms with Gasteiger partial charge >= 0.3 is 0 Å². The zero-order chi connectivity index (χ0) is 18.2. The van der Waals surface area contributed by atoms with Gasteiger partial charge in [-0.1, -0.05) is 37.1 Å². The predicted octanol–water partition coefficient (Wildman–Crippen LogP) is 4.11. The second-order valence-electron chi connectivity index (χ2n) is 6.97. The molecule has 0 atom stereocenters. The van der Waals surface area contributed by atoms with Gasteiger partial charge in [-0.2, -0.15) is 0 Å². The van der Waals surface area contributed by atoms with Gasteiger partial charge in [0.2, 0.25) is 5.91 Å². The summed E-state index contributed by atoms with van der Waals surface area (Å²) in [6, 6.07) is 14.8. The number of nitrogens with one attached hydrogen (secondary N) is 1. The van der Waals surface area contributed by atoms with Gasteiger partial charge in [-0.15, -0.1) is 0 Å². The Morgan fingerprint density at radius 3 is 2.15 bits per heavy atom.